The van der Waals surface area contributed by atoms with Crippen LogP contribution in [0.5, 0.6) is 0 Å². The van der Waals surface area contributed by atoms with Crippen molar-refractivity contribution in [2.75, 3.05) is 0 Å². The molecule has 0 fully saturated rings. The minimum Gasteiger partial charge on any atom is -0.459 e. The number of benzene rings is 2. The quantitative estimate of drug-likeness (QED) is 0.414. The minimum atomic E-state index is -0.00924. The molecule has 0 bridgehead atoms. The molecule has 0 amide bonds. The van der Waals surface area contributed by atoms with Gasteiger partial charge in [-0.1, -0.05) is 42.5 Å². The van der Waals surface area contributed by atoms with Gasteiger partial charge >= 0.3 is 0 Å². The molecule has 0 saturated heterocycles. The van der Waals surface area contributed by atoms with Crippen molar-refractivity contribution in [3.8, 4) is 11.1 Å². The maximum Gasteiger partial charge on any atom is 0.200 e. The van der Waals surface area contributed by atoms with Crippen LogP contribution >= 0.6 is 11.8 Å². The minimum absolute atomic E-state index is 0.00924. The van der Waals surface area contributed by atoms with Gasteiger partial charge in [0.2, 0.25) is 5.43 Å². The third-order valence-corrected chi connectivity index (χ3v) is 6.07. The average Bonchev–Trinajstić information content (AvgIpc) is 3.23. The molecule has 5 nitrogen and oxygen atoms in total. The monoisotopic (exact) mass is 399 g/mol. The molecule has 0 aliphatic heterocycles. The summed E-state index contributed by atoms with van der Waals surface area (Å²) in [7, 11) is 0. The van der Waals surface area contributed by atoms with Gasteiger partial charge in [-0.2, -0.15) is 0 Å². The number of nitrogens with zero attached hydrogens (tertiary/aromatic N) is 2. The van der Waals surface area contributed by atoms with Gasteiger partial charge in [0, 0.05) is 11.1 Å². The fraction of sp³-hybridized carbons (Fsp3) is 0.0870. The molecule has 1 N–H and O–H groups in total. The third-order valence-electron chi connectivity index (χ3n) is 4.86. The number of H-pyrrole nitrogens is 1. The highest BCUT2D eigenvalue weighted by Gasteiger charge is 2.18. The molecule has 5 aromatic rings. The second-order valence-electron chi connectivity index (χ2n) is 6.75. The van der Waals surface area contributed by atoms with Crippen molar-refractivity contribution in [3.05, 3.63) is 88.7 Å². The normalized spacial score (nSPS) is 11.3. The van der Waals surface area contributed by atoms with Crippen molar-refractivity contribution in [2.24, 2.45) is 0 Å². The number of rotatable bonds is 4. The van der Waals surface area contributed by atoms with E-state index in [0.717, 1.165) is 27.2 Å². The summed E-state index contributed by atoms with van der Waals surface area (Å²) in [6.45, 7) is 2.01. The predicted molar refractivity (Wildman–Crippen MR) is 116 cm³/mol. The second-order valence-corrected chi connectivity index (χ2v) is 7.74. The molecular weight excluding hydrogens is 382 g/mol. The summed E-state index contributed by atoms with van der Waals surface area (Å²) in [6.07, 6.45) is 3.48. The van der Waals surface area contributed by atoms with Gasteiger partial charge in [0.25, 0.3) is 0 Å². The first-order valence-corrected chi connectivity index (χ1v) is 10.2. The number of hydrogen-bond donors (Lipinski definition) is 1. The first-order valence-electron chi connectivity index (χ1n) is 9.24. The van der Waals surface area contributed by atoms with Crippen LogP contribution in [0.3, 0.4) is 0 Å². The van der Waals surface area contributed by atoms with E-state index < -0.39 is 0 Å². The highest BCUT2D eigenvalue weighted by Crippen LogP contribution is 2.34. The first-order chi connectivity index (χ1) is 14.2. The maximum absolute atomic E-state index is 13.3. The zero-order valence-corrected chi connectivity index (χ0v) is 16.5. The van der Waals surface area contributed by atoms with Gasteiger partial charge in [0.1, 0.15) is 16.9 Å². The van der Waals surface area contributed by atoms with E-state index in [0.29, 0.717) is 28.0 Å². The van der Waals surface area contributed by atoms with Gasteiger partial charge in [-0.15, -0.1) is 11.8 Å². The summed E-state index contributed by atoms with van der Waals surface area (Å²) in [5, 5.41) is 0.592. The van der Waals surface area contributed by atoms with Crippen LogP contribution in [0.25, 0.3) is 33.3 Å². The van der Waals surface area contributed by atoms with Crippen molar-refractivity contribution < 1.29 is 4.42 Å². The number of fused-ring (bicyclic) bond motifs is 2. The van der Waals surface area contributed by atoms with Crippen LogP contribution in [0.15, 0.2) is 81.2 Å². The summed E-state index contributed by atoms with van der Waals surface area (Å²) in [4.78, 5) is 26.2. The van der Waals surface area contributed by atoms with E-state index in [1.807, 2.05) is 67.7 Å². The van der Waals surface area contributed by atoms with E-state index in [1.54, 1.807) is 18.1 Å². The molecule has 3 heterocycles. The Hall–Kier alpha value is -3.38. The second kappa shape index (κ2) is 7.22. The van der Waals surface area contributed by atoms with Crippen LogP contribution < -0.4 is 5.43 Å². The smallest absolute Gasteiger partial charge is 0.200 e. The fourth-order valence-electron chi connectivity index (χ4n) is 3.47. The van der Waals surface area contributed by atoms with Crippen molar-refractivity contribution in [1.29, 1.82) is 0 Å². The molecule has 3 aromatic heterocycles. The van der Waals surface area contributed by atoms with Crippen molar-refractivity contribution in [2.45, 2.75) is 17.6 Å². The number of pyridine rings is 1. The lowest BCUT2D eigenvalue weighted by molar-refractivity contribution is 0.563. The van der Waals surface area contributed by atoms with Crippen LogP contribution in [0.4, 0.5) is 0 Å². The number of para-hydroxylation sites is 1. The fourth-order valence-corrected chi connectivity index (χ4v) is 4.51. The van der Waals surface area contributed by atoms with Gasteiger partial charge in [-0.05, 0) is 30.2 Å². The first kappa shape index (κ1) is 17.7. The number of imidazole rings is 1. The Kier molecular flexibility index (Phi) is 4.41. The number of hydrogen-bond acceptors (Lipinski definition) is 5. The highest BCUT2D eigenvalue weighted by molar-refractivity contribution is 7.98. The van der Waals surface area contributed by atoms with Gasteiger partial charge in [0.05, 0.1) is 23.0 Å². The van der Waals surface area contributed by atoms with E-state index in [4.69, 9.17) is 4.42 Å². The largest absolute Gasteiger partial charge is 0.459 e. The summed E-state index contributed by atoms with van der Waals surface area (Å²) < 4.78 is 6.22. The molecule has 2 aromatic carbocycles. The van der Waals surface area contributed by atoms with Gasteiger partial charge in [-0.3, -0.25) is 4.79 Å². The lowest BCUT2D eigenvalue weighted by Crippen LogP contribution is -2.08. The highest BCUT2D eigenvalue weighted by atomic mass is 32.2. The van der Waals surface area contributed by atoms with Crippen LogP contribution in [0.1, 0.15) is 11.3 Å². The number of nitrogens with one attached hydrogen (secondary N) is 1. The Morgan fingerprint density at radius 1 is 1.03 bits per heavy atom. The molecule has 0 radical (unpaired) electrons. The molecule has 5 rings (SSSR count). The van der Waals surface area contributed by atoms with Crippen molar-refractivity contribution in [1.82, 2.24) is 15.0 Å². The average molecular weight is 399 g/mol. The number of aromatic amines is 1. The summed E-state index contributed by atoms with van der Waals surface area (Å²) >= 11 is 1.61. The lowest BCUT2D eigenvalue weighted by Gasteiger charge is -2.11. The van der Waals surface area contributed by atoms with Gasteiger partial charge in [0.15, 0.2) is 5.65 Å². The molecule has 0 saturated carbocycles. The Bertz CT molecular complexity index is 1390. The van der Waals surface area contributed by atoms with Crippen LogP contribution in [0.2, 0.25) is 0 Å². The van der Waals surface area contributed by atoms with Crippen LogP contribution in [-0.4, -0.2) is 15.0 Å². The summed E-state index contributed by atoms with van der Waals surface area (Å²) in [5.74, 6) is 1.17. The van der Waals surface area contributed by atoms with E-state index in [2.05, 4.69) is 15.0 Å². The van der Waals surface area contributed by atoms with E-state index in [1.165, 1.54) is 0 Å². The number of aryl methyl sites for hydroxylation is 1. The molecule has 142 valence electrons. The zero-order chi connectivity index (χ0) is 19.8. The molecule has 0 spiro atoms. The van der Waals surface area contributed by atoms with Crippen molar-refractivity contribution >= 4 is 33.9 Å². The SMILES string of the molecule is Cc1cnc2[nH]cnc2c1SCc1oc2ccccc2c(=O)c1-c1ccccc1. The van der Waals surface area contributed by atoms with Crippen LogP contribution in [-0.2, 0) is 5.75 Å². The molecule has 29 heavy (non-hydrogen) atoms. The van der Waals surface area contributed by atoms with Gasteiger partial charge in [-0.25, -0.2) is 9.97 Å². The molecule has 0 atom stereocenters. The third kappa shape index (κ3) is 3.11. The lowest BCUT2D eigenvalue weighted by atomic mass is 10.0. The van der Waals surface area contributed by atoms with Crippen molar-refractivity contribution in [3.63, 3.8) is 0 Å². The Labute approximate surface area is 170 Å². The maximum atomic E-state index is 13.3. The van der Waals surface area contributed by atoms with E-state index in [9.17, 15) is 4.79 Å². The number of aromatic nitrogens is 3. The molecular formula is C23H17N3O2S. The van der Waals surface area contributed by atoms with E-state index >= 15 is 0 Å². The topological polar surface area (TPSA) is 71.8 Å². The molecule has 0 aliphatic carbocycles. The Morgan fingerprint density at radius 3 is 2.69 bits per heavy atom. The summed E-state index contributed by atoms with van der Waals surface area (Å²) in [6, 6.07) is 17.1. The Balaban J connectivity index is 1.65. The Morgan fingerprint density at radius 2 is 1.83 bits per heavy atom. The van der Waals surface area contributed by atoms with Crippen LogP contribution in [0, 0.1) is 6.92 Å². The zero-order valence-electron chi connectivity index (χ0n) is 15.7. The summed E-state index contributed by atoms with van der Waals surface area (Å²) in [5.41, 5.74) is 4.69. The molecule has 6 heteroatoms. The number of thioether (sulfide) groups is 1. The standard InChI is InChI=1S/C23H17N3O2S/c1-14-11-24-23-20(25-13-26-23)22(14)29-12-18-19(15-7-3-2-4-8-15)21(27)16-9-5-6-10-17(16)28-18/h2-11,13H,12H2,1H3,(H,24,25,26). The molecule has 0 aliphatic rings. The molecule has 0 unspecified atom stereocenters. The predicted octanol–water partition coefficient (Wildman–Crippen LogP) is 5.33. The van der Waals surface area contributed by atoms with E-state index in [-0.39, 0.29) is 5.43 Å². The van der Waals surface area contributed by atoms with Gasteiger partial charge < -0.3 is 9.40 Å².